The molecule has 3 N–H and O–H groups in total. The second kappa shape index (κ2) is 5.48. The van der Waals surface area contributed by atoms with Gasteiger partial charge < -0.3 is 20.5 Å². The Morgan fingerprint density at radius 3 is 2.84 bits per heavy atom. The molecule has 2 atom stereocenters. The lowest BCUT2D eigenvalue weighted by molar-refractivity contribution is 0.0498. The number of ether oxygens (including phenoxy) is 1. The smallest absolute Gasteiger partial charge is 0.335 e. The van der Waals surface area contributed by atoms with Crippen molar-refractivity contribution in [1.82, 2.24) is 0 Å². The first-order valence-corrected chi connectivity index (χ1v) is 6.43. The van der Waals surface area contributed by atoms with Crippen LogP contribution in [0.3, 0.4) is 0 Å². The Bertz CT molecular complexity index is 476. The lowest BCUT2D eigenvalue weighted by Crippen LogP contribution is -2.44. The van der Waals surface area contributed by atoms with Crippen LogP contribution >= 0.6 is 0 Å². The highest BCUT2D eigenvalue weighted by molar-refractivity contribution is 5.90. The lowest BCUT2D eigenvalue weighted by Gasteiger charge is -2.38. The molecule has 1 aliphatic rings. The second-order valence-corrected chi connectivity index (χ2v) is 5.06. The fourth-order valence-electron chi connectivity index (χ4n) is 2.53. The molecule has 104 valence electrons. The van der Waals surface area contributed by atoms with Crippen LogP contribution in [0.15, 0.2) is 18.2 Å². The molecule has 1 aliphatic heterocycles. The van der Waals surface area contributed by atoms with Crippen LogP contribution in [0.1, 0.15) is 23.7 Å². The topological polar surface area (TPSA) is 75.8 Å². The molecule has 2 unspecified atom stereocenters. The molecule has 19 heavy (non-hydrogen) atoms. The van der Waals surface area contributed by atoms with Gasteiger partial charge in [-0.05, 0) is 30.5 Å². The minimum atomic E-state index is -0.958. The van der Waals surface area contributed by atoms with E-state index in [1.807, 2.05) is 0 Å². The van der Waals surface area contributed by atoms with Crippen LogP contribution in [0.4, 0.5) is 11.4 Å². The van der Waals surface area contributed by atoms with Crippen LogP contribution in [0.2, 0.25) is 0 Å². The van der Waals surface area contributed by atoms with Crippen molar-refractivity contribution >= 4 is 17.3 Å². The minimum Gasteiger partial charge on any atom is -0.478 e. The van der Waals surface area contributed by atoms with E-state index in [2.05, 4.69) is 11.8 Å². The van der Waals surface area contributed by atoms with Gasteiger partial charge in [0.25, 0.3) is 0 Å². The Hall–Kier alpha value is -1.75. The van der Waals surface area contributed by atoms with E-state index in [4.69, 9.17) is 15.6 Å². The molecule has 0 amide bonds. The highest BCUT2D eigenvalue weighted by atomic mass is 16.5. The number of rotatable bonds is 3. The van der Waals surface area contributed by atoms with E-state index in [0.29, 0.717) is 11.6 Å². The summed E-state index contributed by atoms with van der Waals surface area (Å²) in [6.07, 6.45) is 1.23. The molecule has 1 aromatic rings. The summed E-state index contributed by atoms with van der Waals surface area (Å²) in [5.41, 5.74) is 7.58. The lowest BCUT2D eigenvalue weighted by atomic mass is 9.95. The van der Waals surface area contributed by atoms with Gasteiger partial charge in [-0.1, -0.05) is 6.92 Å². The van der Waals surface area contributed by atoms with Crippen LogP contribution in [-0.4, -0.2) is 37.4 Å². The average molecular weight is 264 g/mol. The van der Waals surface area contributed by atoms with Crippen LogP contribution in [0, 0.1) is 5.92 Å². The SMILES string of the molecule is COC1CN(c2ccc(C(=O)O)cc2N)CCC1C. The first-order valence-electron chi connectivity index (χ1n) is 6.43. The number of anilines is 2. The number of carboxylic acids is 1. The number of nitrogen functional groups attached to an aromatic ring is 1. The zero-order valence-corrected chi connectivity index (χ0v) is 11.3. The Morgan fingerprint density at radius 1 is 1.53 bits per heavy atom. The van der Waals surface area contributed by atoms with Crippen molar-refractivity contribution in [3.8, 4) is 0 Å². The molecular formula is C14H20N2O3. The van der Waals surface area contributed by atoms with Gasteiger partial charge in [-0.2, -0.15) is 0 Å². The molecule has 5 heteroatoms. The van der Waals surface area contributed by atoms with E-state index in [1.165, 1.54) is 6.07 Å². The van der Waals surface area contributed by atoms with Gasteiger partial charge in [0.15, 0.2) is 0 Å². The molecule has 0 aromatic heterocycles. The largest absolute Gasteiger partial charge is 0.478 e. The quantitative estimate of drug-likeness (QED) is 0.815. The maximum atomic E-state index is 10.9. The number of methoxy groups -OCH3 is 1. The van der Waals surface area contributed by atoms with Crippen molar-refractivity contribution in [3.63, 3.8) is 0 Å². The fraction of sp³-hybridized carbons (Fsp3) is 0.500. The molecule has 1 fully saturated rings. The first-order chi connectivity index (χ1) is 9.02. The summed E-state index contributed by atoms with van der Waals surface area (Å²) in [6.45, 7) is 3.88. The molecule has 0 aliphatic carbocycles. The normalized spacial score (nSPS) is 23.4. The van der Waals surface area contributed by atoms with E-state index in [-0.39, 0.29) is 11.7 Å². The van der Waals surface area contributed by atoms with E-state index in [0.717, 1.165) is 25.2 Å². The number of aromatic carboxylic acids is 1. The minimum absolute atomic E-state index is 0.187. The van der Waals surface area contributed by atoms with Crippen LogP contribution < -0.4 is 10.6 Å². The second-order valence-electron chi connectivity index (χ2n) is 5.06. The highest BCUT2D eigenvalue weighted by Gasteiger charge is 2.27. The van der Waals surface area contributed by atoms with Crippen LogP contribution in [0.5, 0.6) is 0 Å². The molecule has 0 spiro atoms. The monoisotopic (exact) mass is 264 g/mol. The van der Waals surface area contributed by atoms with Crippen LogP contribution in [0.25, 0.3) is 0 Å². The number of hydrogen-bond acceptors (Lipinski definition) is 4. The number of nitrogens with two attached hydrogens (primary N) is 1. The number of piperidine rings is 1. The number of hydrogen-bond donors (Lipinski definition) is 2. The van der Waals surface area contributed by atoms with Gasteiger partial charge in [-0.15, -0.1) is 0 Å². The van der Waals surface area contributed by atoms with E-state index < -0.39 is 5.97 Å². The van der Waals surface area contributed by atoms with Crippen molar-refractivity contribution in [1.29, 1.82) is 0 Å². The average Bonchev–Trinajstić information content (AvgIpc) is 2.39. The predicted molar refractivity (Wildman–Crippen MR) is 74.6 cm³/mol. The van der Waals surface area contributed by atoms with Gasteiger partial charge in [-0.25, -0.2) is 4.79 Å². The first kappa shape index (κ1) is 13.7. The van der Waals surface area contributed by atoms with Gasteiger partial charge in [-0.3, -0.25) is 0 Å². The summed E-state index contributed by atoms with van der Waals surface area (Å²) in [6, 6.07) is 4.88. The summed E-state index contributed by atoms with van der Waals surface area (Å²) < 4.78 is 5.48. The van der Waals surface area contributed by atoms with Gasteiger partial charge in [0, 0.05) is 20.2 Å². The third-order valence-electron chi connectivity index (χ3n) is 3.81. The van der Waals surface area contributed by atoms with Gasteiger partial charge >= 0.3 is 5.97 Å². The molecule has 5 nitrogen and oxygen atoms in total. The molecule has 0 saturated carbocycles. The summed E-state index contributed by atoms with van der Waals surface area (Å²) in [7, 11) is 1.72. The number of nitrogens with zero attached hydrogens (tertiary/aromatic N) is 1. The Balaban J connectivity index is 2.20. The predicted octanol–water partition coefficient (Wildman–Crippen LogP) is 1.83. The standard InChI is InChI=1S/C14H20N2O3/c1-9-5-6-16(8-13(9)19-2)12-4-3-10(14(17)18)7-11(12)15/h3-4,7,9,13H,5-6,8,15H2,1-2H3,(H,17,18). The molecule has 1 saturated heterocycles. The summed E-state index contributed by atoms with van der Waals surface area (Å²) >= 11 is 0. The van der Waals surface area contributed by atoms with Crippen molar-refractivity contribution in [3.05, 3.63) is 23.8 Å². The summed E-state index contributed by atoms with van der Waals surface area (Å²) in [5, 5.41) is 8.94. The fourth-order valence-corrected chi connectivity index (χ4v) is 2.53. The number of carbonyl (C=O) groups is 1. The molecule has 0 radical (unpaired) electrons. The highest BCUT2D eigenvalue weighted by Crippen LogP contribution is 2.29. The number of carboxylic acid groups (broad SMARTS) is 1. The van der Waals surface area contributed by atoms with Crippen LogP contribution in [-0.2, 0) is 4.74 Å². The van der Waals surface area contributed by atoms with Crippen molar-refractivity contribution in [2.45, 2.75) is 19.4 Å². The Kier molecular flexibility index (Phi) is 3.95. The molecule has 0 bridgehead atoms. The summed E-state index contributed by atoms with van der Waals surface area (Å²) in [4.78, 5) is 13.1. The van der Waals surface area contributed by atoms with E-state index in [1.54, 1.807) is 19.2 Å². The molecular weight excluding hydrogens is 244 g/mol. The van der Waals surface area contributed by atoms with Crippen molar-refractivity contribution in [2.24, 2.45) is 5.92 Å². The third-order valence-corrected chi connectivity index (χ3v) is 3.81. The van der Waals surface area contributed by atoms with E-state index in [9.17, 15) is 4.79 Å². The van der Waals surface area contributed by atoms with Crippen molar-refractivity contribution in [2.75, 3.05) is 30.8 Å². The number of benzene rings is 1. The third kappa shape index (κ3) is 2.81. The Morgan fingerprint density at radius 2 is 2.26 bits per heavy atom. The van der Waals surface area contributed by atoms with Crippen molar-refractivity contribution < 1.29 is 14.6 Å². The maximum absolute atomic E-state index is 10.9. The van der Waals surface area contributed by atoms with Gasteiger partial charge in [0.1, 0.15) is 0 Å². The van der Waals surface area contributed by atoms with Gasteiger partial charge in [0.05, 0.1) is 23.0 Å². The van der Waals surface area contributed by atoms with E-state index >= 15 is 0 Å². The maximum Gasteiger partial charge on any atom is 0.335 e. The zero-order chi connectivity index (χ0) is 14.0. The molecule has 2 rings (SSSR count). The summed E-state index contributed by atoms with van der Waals surface area (Å²) in [5.74, 6) is -0.430. The van der Waals surface area contributed by atoms with Gasteiger partial charge in [0.2, 0.25) is 0 Å². The molecule has 1 heterocycles. The zero-order valence-electron chi connectivity index (χ0n) is 11.3. The Labute approximate surface area is 113 Å². The molecule has 1 aromatic carbocycles.